The fourth-order valence-electron chi connectivity index (χ4n) is 4.19. The van der Waals surface area contributed by atoms with Crippen LogP contribution in [0.4, 0.5) is 0 Å². The van der Waals surface area contributed by atoms with Gasteiger partial charge in [-0.2, -0.15) is 0 Å². The molecule has 148 valence electrons. The van der Waals surface area contributed by atoms with E-state index in [2.05, 4.69) is 16.4 Å². The summed E-state index contributed by atoms with van der Waals surface area (Å²) in [6.07, 6.45) is 3.34. The van der Waals surface area contributed by atoms with Crippen molar-refractivity contribution in [3.05, 3.63) is 66.0 Å². The van der Waals surface area contributed by atoms with E-state index in [9.17, 15) is 4.79 Å². The van der Waals surface area contributed by atoms with Gasteiger partial charge in [0.05, 0.1) is 0 Å². The van der Waals surface area contributed by atoms with Crippen LogP contribution in [-0.2, 0) is 10.2 Å². The molecule has 0 saturated carbocycles. The highest BCUT2D eigenvalue weighted by Gasteiger charge is 2.36. The first kappa shape index (κ1) is 17.9. The zero-order valence-electron chi connectivity index (χ0n) is 16.0. The number of benzene rings is 2. The highest BCUT2D eigenvalue weighted by atomic mass is 16.7. The summed E-state index contributed by atoms with van der Waals surface area (Å²) in [5.41, 5.74) is 1.38. The molecule has 6 nitrogen and oxygen atoms in total. The topological polar surface area (TPSA) is 69.7 Å². The highest BCUT2D eigenvalue weighted by molar-refractivity contribution is 6.05. The van der Waals surface area contributed by atoms with Crippen LogP contribution in [0, 0.1) is 0 Å². The lowest BCUT2D eigenvalue weighted by molar-refractivity contribution is 0.0486. The molecular formula is C23H22N2O4. The summed E-state index contributed by atoms with van der Waals surface area (Å²) in [6.45, 7) is 2.09. The standard InChI is InChI=1S/C23H22N2O4/c26-22(21-18-4-2-1-3-16(18)7-10-24-21)25-14-23(8-11-27-12-9-23)17-5-6-19-20(13-17)29-15-28-19/h1-7,10,13H,8-9,11-12,14-15H2,(H,25,26). The van der Waals surface area contributed by atoms with E-state index in [1.165, 1.54) is 0 Å². The molecule has 6 heteroatoms. The van der Waals surface area contributed by atoms with E-state index < -0.39 is 0 Å². The van der Waals surface area contributed by atoms with Gasteiger partial charge < -0.3 is 19.5 Å². The molecule has 1 amide bonds. The minimum absolute atomic E-state index is 0.159. The molecule has 1 saturated heterocycles. The summed E-state index contributed by atoms with van der Waals surface area (Å²) in [4.78, 5) is 17.4. The van der Waals surface area contributed by atoms with Gasteiger partial charge in [0.25, 0.3) is 5.91 Å². The predicted octanol–water partition coefficient (Wildman–Crippen LogP) is 3.44. The van der Waals surface area contributed by atoms with Crippen LogP contribution in [0.1, 0.15) is 28.9 Å². The van der Waals surface area contributed by atoms with E-state index in [4.69, 9.17) is 14.2 Å². The summed E-state index contributed by atoms with van der Waals surface area (Å²) in [6, 6.07) is 15.8. The number of fused-ring (bicyclic) bond motifs is 2. The lowest BCUT2D eigenvalue weighted by atomic mass is 9.74. The number of amides is 1. The third-order valence-electron chi connectivity index (χ3n) is 5.91. The average Bonchev–Trinajstić information content (AvgIpc) is 3.26. The van der Waals surface area contributed by atoms with Crippen molar-refractivity contribution in [2.75, 3.05) is 26.6 Å². The van der Waals surface area contributed by atoms with Gasteiger partial charge in [0.2, 0.25) is 6.79 Å². The second kappa shape index (κ2) is 7.37. The molecule has 0 unspecified atom stereocenters. The number of pyridine rings is 1. The Kier molecular flexibility index (Phi) is 4.56. The van der Waals surface area contributed by atoms with E-state index in [0.29, 0.717) is 25.5 Å². The van der Waals surface area contributed by atoms with Crippen LogP contribution in [-0.4, -0.2) is 37.4 Å². The van der Waals surface area contributed by atoms with Crippen molar-refractivity contribution in [1.29, 1.82) is 0 Å². The Morgan fingerprint density at radius 2 is 1.86 bits per heavy atom. The minimum atomic E-state index is -0.209. The largest absolute Gasteiger partial charge is 0.454 e. The number of nitrogens with one attached hydrogen (secondary N) is 1. The molecule has 2 aromatic carbocycles. The average molecular weight is 390 g/mol. The number of hydrogen-bond acceptors (Lipinski definition) is 5. The second-order valence-corrected chi connectivity index (χ2v) is 7.52. The maximum absolute atomic E-state index is 13.0. The van der Waals surface area contributed by atoms with Crippen LogP contribution in [0.25, 0.3) is 10.8 Å². The Bertz CT molecular complexity index is 1050. The predicted molar refractivity (Wildman–Crippen MR) is 108 cm³/mol. The molecular weight excluding hydrogens is 368 g/mol. The molecule has 1 N–H and O–H groups in total. The molecule has 0 radical (unpaired) electrons. The van der Waals surface area contributed by atoms with Crippen LogP contribution >= 0.6 is 0 Å². The molecule has 5 rings (SSSR count). The van der Waals surface area contributed by atoms with Gasteiger partial charge >= 0.3 is 0 Å². The zero-order chi connectivity index (χ0) is 19.7. The van der Waals surface area contributed by atoms with Gasteiger partial charge in [0.15, 0.2) is 11.5 Å². The van der Waals surface area contributed by atoms with E-state index in [1.807, 2.05) is 42.5 Å². The number of hydrogen-bond donors (Lipinski definition) is 1. The van der Waals surface area contributed by atoms with Gasteiger partial charge in [0, 0.05) is 36.8 Å². The number of aromatic nitrogens is 1. The maximum atomic E-state index is 13.0. The molecule has 0 spiro atoms. The quantitative estimate of drug-likeness (QED) is 0.739. The van der Waals surface area contributed by atoms with E-state index in [0.717, 1.165) is 40.7 Å². The van der Waals surface area contributed by atoms with Gasteiger partial charge in [-0.15, -0.1) is 0 Å². The fourth-order valence-corrected chi connectivity index (χ4v) is 4.19. The summed E-state index contributed by atoms with van der Waals surface area (Å²) >= 11 is 0. The summed E-state index contributed by atoms with van der Waals surface area (Å²) < 4.78 is 16.6. The molecule has 1 fully saturated rings. The molecule has 0 aliphatic carbocycles. The first-order valence-electron chi connectivity index (χ1n) is 9.85. The Labute approximate surface area is 168 Å². The maximum Gasteiger partial charge on any atom is 0.270 e. The fraction of sp³-hybridized carbons (Fsp3) is 0.304. The van der Waals surface area contributed by atoms with Crippen molar-refractivity contribution < 1.29 is 19.0 Å². The summed E-state index contributed by atoms with van der Waals surface area (Å²) in [5.74, 6) is 1.36. The molecule has 1 aromatic heterocycles. The third kappa shape index (κ3) is 3.29. The van der Waals surface area contributed by atoms with Crippen LogP contribution in [0.3, 0.4) is 0 Å². The van der Waals surface area contributed by atoms with Crippen molar-refractivity contribution in [2.45, 2.75) is 18.3 Å². The first-order valence-corrected chi connectivity index (χ1v) is 9.85. The van der Waals surface area contributed by atoms with E-state index >= 15 is 0 Å². The van der Waals surface area contributed by atoms with Crippen LogP contribution < -0.4 is 14.8 Å². The Morgan fingerprint density at radius 1 is 1.03 bits per heavy atom. The van der Waals surface area contributed by atoms with Crippen molar-refractivity contribution in [3.8, 4) is 11.5 Å². The van der Waals surface area contributed by atoms with Crippen molar-refractivity contribution in [3.63, 3.8) is 0 Å². The Hall–Kier alpha value is -3.12. The smallest absolute Gasteiger partial charge is 0.270 e. The first-order chi connectivity index (χ1) is 14.3. The number of carbonyl (C=O) groups excluding carboxylic acids is 1. The number of ether oxygens (including phenoxy) is 3. The second-order valence-electron chi connectivity index (χ2n) is 7.52. The van der Waals surface area contributed by atoms with Gasteiger partial charge in [-0.25, -0.2) is 0 Å². The molecule has 0 bridgehead atoms. The third-order valence-corrected chi connectivity index (χ3v) is 5.91. The molecule has 3 aromatic rings. The van der Waals surface area contributed by atoms with Crippen molar-refractivity contribution >= 4 is 16.7 Å². The summed E-state index contributed by atoms with van der Waals surface area (Å²) in [5, 5.41) is 5.00. The molecule has 2 aliphatic heterocycles. The van der Waals surface area contributed by atoms with E-state index in [1.54, 1.807) is 6.20 Å². The van der Waals surface area contributed by atoms with Crippen LogP contribution in [0.15, 0.2) is 54.7 Å². The van der Waals surface area contributed by atoms with Crippen LogP contribution in [0.5, 0.6) is 11.5 Å². The Balaban J connectivity index is 1.42. The zero-order valence-corrected chi connectivity index (χ0v) is 16.0. The minimum Gasteiger partial charge on any atom is -0.454 e. The molecule has 29 heavy (non-hydrogen) atoms. The van der Waals surface area contributed by atoms with Gasteiger partial charge in [-0.1, -0.05) is 30.3 Å². The molecule has 0 atom stereocenters. The number of carbonyl (C=O) groups is 1. The SMILES string of the molecule is O=C(NCC1(c2ccc3c(c2)OCO3)CCOCC1)c1nccc2ccccc12. The van der Waals surface area contributed by atoms with Gasteiger partial charge in [-0.3, -0.25) is 9.78 Å². The Morgan fingerprint density at radius 3 is 2.76 bits per heavy atom. The lowest BCUT2D eigenvalue weighted by Gasteiger charge is -2.38. The number of rotatable bonds is 4. The highest BCUT2D eigenvalue weighted by Crippen LogP contribution is 2.40. The van der Waals surface area contributed by atoms with Crippen LogP contribution in [0.2, 0.25) is 0 Å². The monoisotopic (exact) mass is 390 g/mol. The van der Waals surface area contributed by atoms with E-state index in [-0.39, 0.29) is 18.1 Å². The normalized spacial score (nSPS) is 17.2. The lowest BCUT2D eigenvalue weighted by Crippen LogP contribution is -2.44. The van der Waals surface area contributed by atoms with Crippen molar-refractivity contribution in [1.82, 2.24) is 10.3 Å². The number of nitrogens with zero attached hydrogens (tertiary/aromatic N) is 1. The summed E-state index contributed by atoms with van der Waals surface area (Å²) in [7, 11) is 0. The molecule has 3 heterocycles. The van der Waals surface area contributed by atoms with Gasteiger partial charge in [-0.05, 0) is 42.0 Å². The van der Waals surface area contributed by atoms with Gasteiger partial charge in [0.1, 0.15) is 5.69 Å². The molecule has 2 aliphatic rings. The van der Waals surface area contributed by atoms with Crippen molar-refractivity contribution in [2.24, 2.45) is 0 Å².